The molecule has 0 bridgehead atoms. The average Bonchev–Trinajstić information content (AvgIpc) is 2.47. The van der Waals surface area contributed by atoms with Crippen LogP contribution in [-0.2, 0) is 0 Å². The summed E-state index contributed by atoms with van der Waals surface area (Å²) in [5, 5.41) is 3.69. The maximum atomic E-state index is 5.68. The summed E-state index contributed by atoms with van der Waals surface area (Å²) in [5.41, 5.74) is 3.99. The lowest BCUT2D eigenvalue weighted by molar-refractivity contribution is 0.354. The minimum Gasteiger partial charge on any atom is -0.496 e. The molecule has 0 radical (unpaired) electrons. The highest BCUT2D eigenvalue weighted by Crippen LogP contribution is 2.36. The first-order valence-corrected chi connectivity index (χ1v) is 9.27. The van der Waals surface area contributed by atoms with Crippen molar-refractivity contribution in [2.45, 2.75) is 46.1 Å². The number of aryl methyl sites for hydroxylation is 2. The molecule has 1 heterocycles. The Bertz CT molecular complexity index is 455. The fourth-order valence-electron chi connectivity index (χ4n) is 3.42. The standard InChI is InChI=1S/C18H29NOS/c1-5-19-16(12-15-6-8-21-9-7-15)18-14(3)10-13(2)11-17(18)20-4/h10-11,15-16,19H,5-9,12H2,1-4H3. The van der Waals surface area contributed by atoms with Crippen LogP contribution in [-0.4, -0.2) is 25.2 Å². The zero-order valence-corrected chi connectivity index (χ0v) is 14.7. The molecule has 1 aromatic carbocycles. The van der Waals surface area contributed by atoms with Crippen LogP contribution in [0.3, 0.4) is 0 Å². The van der Waals surface area contributed by atoms with E-state index in [9.17, 15) is 0 Å². The molecule has 2 rings (SSSR count). The fourth-order valence-corrected chi connectivity index (χ4v) is 4.62. The number of hydrogen-bond donors (Lipinski definition) is 1. The Balaban J connectivity index is 2.24. The van der Waals surface area contributed by atoms with Gasteiger partial charge in [0.2, 0.25) is 0 Å². The molecule has 1 aliphatic heterocycles. The van der Waals surface area contributed by atoms with Crippen molar-refractivity contribution >= 4 is 11.8 Å². The second-order valence-electron chi connectivity index (χ2n) is 6.10. The van der Waals surface area contributed by atoms with Crippen molar-refractivity contribution in [3.05, 3.63) is 28.8 Å². The van der Waals surface area contributed by atoms with E-state index in [1.165, 1.54) is 47.5 Å². The summed E-state index contributed by atoms with van der Waals surface area (Å²) in [4.78, 5) is 0. The molecule has 0 aliphatic carbocycles. The number of methoxy groups -OCH3 is 1. The van der Waals surface area contributed by atoms with Crippen molar-refractivity contribution in [2.24, 2.45) is 5.92 Å². The van der Waals surface area contributed by atoms with Gasteiger partial charge in [-0.15, -0.1) is 0 Å². The number of rotatable bonds is 6. The summed E-state index contributed by atoms with van der Waals surface area (Å²) in [6.45, 7) is 7.55. The second kappa shape index (κ2) is 8.09. The summed E-state index contributed by atoms with van der Waals surface area (Å²) < 4.78 is 5.68. The third-order valence-electron chi connectivity index (χ3n) is 4.42. The van der Waals surface area contributed by atoms with E-state index in [4.69, 9.17) is 4.74 Å². The number of thioether (sulfide) groups is 1. The van der Waals surface area contributed by atoms with Gasteiger partial charge in [0.15, 0.2) is 0 Å². The first-order chi connectivity index (χ1) is 10.2. The van der Waals surface area contributed by atoms with Gasteiger partial charge in [-0.3, -0.25) is 0 Å². The van der Waals surface area contributed by atoms with Crippen LogP contribution in [0.25, 0.3) is 0 Å². The molecule has 0 amide bonds. The Morgan fingerprint density at radius 1 is 1.29 bits per heavy atom. The molecule has 0 saturated carbocycles. The van der Waals surface area contributed by atoms with Crippen LogP contribution in [0.1, 0.15) is 48.9 Å². The highest BCUT2D eigenvalue weighted by molar-refractivity contribution is 7.99. The van der Waals surface area contributed by atoms with Gasteiger partial charge in [0.25, 0.3) is 0 Å². The topological polar surface area (TPSA) is 21.3 Å². The molecular formula is C18H29NOS. The van der Waals surface area contributed by atoms with Gasteiger partial charge in [0.05, 0.1) is 7.11 Å². The van der Waals surface area contributed by atoms with Gasteiger partial charge in [-0.2, -0.15) is 11.8 Å². The summed E-state index contributed by atoms with van der Waals surface area (Å²) >= 11 is 2.10. The smallest absolute Gasteiger partial charge is 0.124 e. The minimum atomic E-state index is 0.415. The zero-order chi connectivity index (χ0) is 15.2. The number of ether oxygens (including phenoxy) is 1. The molecule has 2 nitrogen and oxygen atoms in total. The van der Waals surface area contributed by atoms with Crippen LogP contribution in [0.4, 0.5) is 0 Å². The molecule has 1 aliphatic rings. The van der Waals surface area contributed by atoms with Crippen molar-refractivity contribution in [2.75, 3.05) is 25.2 Å². The average molecular weight is 308 g/mol. The Kier molecular flexibility index (Phi) is 6.43. The van der Waals surface area contributed by atoms with Crippen molar-refractivity contribution in [3.63, 3.8) is 0 Å². The Morgan fingerprint density at radius 3 is 2.62 bits per heavy atom. The van der Waals surface area contributed by atoms with Gasteiger partial charge in [0.1, 0.15) is 5.75 Å². The van der Waals surface area contributed by atoms with Crippen molar-refractivity contribution in [1.82, 2.24) is 5.32 Å². The SMILES string of the molecule is CCNC(CC1CCSCC1)c1c(C)cc(C)cc1OC. The largest absolute Gasteiger partial charge is 0.496 e. The second-order valence-corrected chi connectivity index (χ2v) is 7.32. The molecule has 21 heavy (non-hydrogen) atoms. The van der Waals surface area contributed by atoms with E-state index in [-0.39, 0.29) is 0 Å². The van der Waals surface area contributed by atoms with Crippen molar-refractivity contribution in [3.8, 4) is 5.75 Å². The fraction of sp³-hybridized carbons (Fsp3) is 0.667. The van der Waals surface area contributed by atoms with Crippen LogP contribution in [0.5, 0.6) is 5.75 Å². The first-order valence-electron chi connectivity index (χ1n) is 8.12. The van der Waals surface area contributed by atoms with Crippen LogP contribution in [0.15, 0.2) is 12.1 Å². The molecule has 1 fully saturated rings. The van der Waals surface area contributed by atoms with Crippen molar-refractivity contribution < 1.29 is 4.74 Å². The van der Waals surface area contributed by atoms with E-state index < -0.39 is 0 Å². The minimum absolute atomic E-state index is 0.415. The van der Waals surface area contributed by atoms with Gasteiger partial charge >= 0.3 is 0 Å². The predicted octanol–water partition coefficient (Wildman–Crippen LogP) is 4.50. The van der Waals surface area contributed by atoms with Crippen LogP contribution >= 0.6 is 11.8 Å². The normalized spacial score (nSPS) is 17.7. The quantitative estimate of drug-likeness (QED) is 0.836. The Hall–Kier alpha value is -0.670. The highest BCUT2D eigenvalue weighted by Gasteiger charge is 2.23. The third-order valence-corrected chi connectivity index (χ3v) is 5.47. The predicted molar refractivity (Wildman–Crippen MR) is 93.6 cm³/mol. The maximum absolute atomic E-state index is 5.68. The summed E-state index contributed by atoms with van der Waals surface area (Å²) in [6, 6.07) is 4.86. The molecule has 3 heteroatoms. The Labute approximate surface area is 134 Å². The van der Waals surface area contributed by atoms with Crippen LogP contribution < -0.4 is 10.1 Å². The lowest BCUT2D eigenvalue weighted by Crippen LogP contribution is -2.26. The monoisotopic (exact) mass is 307 g/mol. The van der Waals surface area contributed by atoms with Crippen LogP contribution in [0.2, 0.25) is 0 Å². The molecule has 0 aromatic heterocycles. The van der Waals surface area contributed by atoms with E-state index in [0.717, 1.165) is 18.2 Å². The maximum Gasteiger partial charge on any atom is 0.124 e. The van der Waals surface area contributed by atoms with Crippen LogP contribution in [0, 0.1) is 19.8 Å². The molecular weight excluding hydrogens is 278 g/mol. The molecule has 1 N–H and O–H groups in total. The molecule has 1 saturated heterocycles. The highest BCUT2D eigenvalue weighted by atomic mass is 32.2. The molecule has 118 valence electrons. The number of nitrogens with one attached hydrogen (secondary N) is 1. The van der Waals surface area contributed by atoms with E-state index in [0.29, 0.717) is 6.04 Å². The summed E-state index contributed by atoms with van der Waals surface area (Å²) in [6.07, 6.45) is 3.95. The lowest BCUT2D eigenvalue weighted by Gasteiger charge is -2.29. The van der Waals surface area contributed by atoms with Crippen molar-refractivity contribution in [1.29, 1.82) is 0 Å². The summed E-state index contributed by atoms with van der Waals surface area (Å²) in [7, 11) is 1.79. The zero-order valence-electron chi connectivity index (χ0n) is 13.9. The van der Waals surface area contributed by atoms with Gasteiger partial charge in [-0.25, -0.2) is 0 Å². The first kappa shape index (κ1) is 16.7. The third kappa shape index (κ3) is 4.40. The molecule has 1 atom stereocenters. The Morgan fingerprint density at radius 2 is 2.00 bits per heavy atom. The molecule has 1 aromatic rings. The van der Waals surface area contributed by atoms with E-state index in [1.54, 1.807) is 7.11 Å². The van der Waals surface area contributed by atoms with E-state index in [1.807, 2.05) is 0 Å². The molecule has 1 unspecified atom stereocenters. The number of benzene rings is 1. The lowest BCUT2D eigenvalue weighted by atomic mass is 9.88. The number of hydrogen-bond acceptors (Lipinski definition) is 3. The van der Waals surface area contributed by atoms with Gasteiger partial charge in [-0.05, 0) is 74.3 Å². The van der Waals surface area contributed by atoms with Gasteiger partial charge in [-0.1, -0.05) is 13.0 Å². The van der Waals surface area contributed by atoms with Gasteiger partial charge in [0, 0.05) is 11.6 Å². The van der Waals surface area contributed by atoms with E-state index >= 15 is 0 Å². The van der Waals surface area contributed by atoms with E-state index in [2.05, 4.69) is 50.0 Å². The molecule has 0 spiro atoms. The van der Waals surface area contributed by atoms with Gasteiger partial charge < -0.3 is 10.1 Å². The summed E-state index contributed by atoms with van der Waals surface area (Å²) in [5.74, 6) is 4.55.